The Bertz CT molecular complexity index is 526. The molecule has 0 radical (unpaired) electrons. The van der Waals surface area contributed by atoms with Gasteiger partial charge in [0.05, 0.1) is 11.7 Å². The molecule has 2 aromatic rings. The highest BCUT2D eigenvalue weighted by Crippen LogP contribution is 2.21. The quantitative estimate of drug-likeness (QED) is 0.898. The van der Waals surface area contributed by atoms with Crippen LogP contribution in [0.5, 0.6) is 0 Å². The van der Waals surface area contributed by atoms with Crippen LogP contribution in [0, 0.1) is 5.92 Å². The standard InChI is InChI=1S/C14H20N4/c1-2-14-17-12-9-16-8-5-13(12)18(14)10-11-3-6-15-7-4-11/h5,8-9,11,15H,2-4,6-7,10H2,1H3. The predicted octanol–water partition coefficient (Wildman–Crippen LogP) is 1.99. The van der Waals surface area contributed by atoms with Crippen molar-refractivity contribution in [1.82, 2.24) is 19.9 Å². The van der Waals surface area contributed by atoms with Crippen LogP contribution in [0.15, 0.2) is 18.5 Å². The van der Waals surface area contributed by atoms with E-state index in [9.17, 15) is 0 Å². The van der Waals surface area contributed by atoms with Crippen LogP contribution in [0.3, 0.4) is 0 Å². The highest BCUT2D eigenvalue weighted by atomic mass is 15.1. The Morgan fingerprint density at radius 2 is 2.22 bits per heavy atom. The topological polar surface area (TPSA) is 42.7 Å². The molecular formula is C14H20N4. The molecule has 96 valence electrons. The van der Waals surface area contributed by atoms with Crippen molar-refractivity contribution >= 4 is 11.0 Å². The van der Waals surface area contributed by atoms with Crippen molar-refractivity contribution in [1.29, 1.82) is 0 Å². The summed E-state index contributed by atoms with van der Waals surface area (Å²) in [4.78, 5) is 8.84. The average molecular weight is 244 g/mol. The number of aromatic nitrogens is 3. The predicted molar refractivity (Wildman–Crippen MR) is 72.5 cm³/mol. The van der Waals surface area contributed by atoms with Gasteiger partial charge in [-0.2, -0.15) is 0 Å². The SMILES string of the molecule is CCc1nc2cnccc2n1CC1CCNCC1. The summed E-state index contributed by atoms with van der Waals surface area (Å²) >= 11 is 0. The van der Waals surface area contributed by atoms with Crippen LogP contribution in [0.25, 0.3) is 11.0 Å². The van der Waals surface area contributed by atoms with Crippen LogP contribution < -0.4 is 5.32 Å². The number of nitrogens with zero attached hydrogens (tertiary/aromatic N) is 3. The fraction of sp³-hybridized carbons (Fsp3) is 0.571. The fourth-order valence-electron chi connectivity index (χ4n) is 2.83. The largest absolute Gasteiger partial charge is 0.328 e. The van der Waals surface area contributed by atoms with E-state index in [-0.39, 0.29) is 0 Å². The van der Waals surface area contributed by atoms with E-state index in [1.54, 1.807) is 0 Å². The summed E-state index contributed by atoms with van der Waals surface area (Å²) in [7, 11) is 0. The van der Waals surface area contributed by atoms with Gasteiger partial charge in [0.15, 0.2) is 0 Å². The van der Waals surface area contributed by atoms with E-state index in [1.165, 1.54) is 24.2 Å². The third kappa shape index (κ3) is 2.12. The molecule has 1 aliphatic rings. The number of hydrogen-bond donors (Lipinski definition) is 1. The molecule has 0 spiro atoms. The van der Waals surface area contributed by atoms with Gasteiger partial charge in [0.2, 0.25) is 0 Å². The van der Waals surface area contributed by atoms with Crippen LogP contribution in [-0.2, 0) is 13.0 Å². The summed E-state index contributed by atoms with van der Waals surface area (Å²) in [5, 5.41) is 3.43. The van der Waals surface area contributed by atoms with Crippen molar-refractivity contribution in [2.24, 2.45) is 5.92 Å². The molecule has 0 amide bonds. The number of fused-ring (bicyclic) bond motifs is 1. The first-order valence-corrected chi connectivity index (χ1v) is 6.88. The Labute approximate surface area is 107 Å². The van der Waals surface area contributed by atoms with Gasteiger partial charge in [0.25, 0.3) is 0 Å². The van der Waals surface area contributed by atoms with Gasteiger partial charge in [-0.15, -0.1) is 0 Å². The molecule has 1 fully saturated rings. The van der Waals surface area contributed by atoms with Gasteiger partial charge in [-0.05, 0) is 37.9 Å². The Morgan fingerprint density at radius 1 is 1.39 bits per heavy atom. The molecule has 0 bridgehead atoms. The van der Waals surface area contributed by atoms with Gasteiger partial charge < -0.3 is 9.88 Å². The number of piperidine rings is 1. The zero-order valence-electron chi connectivity index (χ0n) is 10.9. The third-order valence-electron chi connectivity index (χ3n) is 3.85. The lowest BCUT2D eigenvalue weighted by atomic mass is 9.98. The van der Waals surface area contributed by atoms with Gasteiger partial charge in [-0.1, -0.05) is 6.92 Å². The smallest absolute Gasteiger partial charge is 0.109 e. The second-order valence-corrected chi connectivity index (χ2v) is 5.05. The molecule has 2 aromatic heterocycles. The van der Waals surface area contributed by atoms with Crippen molar-refractivity contribution in [3.8, 4) is 0 Å². The van der Waals surface area contributed by atoms with E-state index < -0.39 is 0 Å². The minimum atomic E-state index is 0.780. The number of imidazole rings is 1. The van der Waals surface area contributed by atoms with Gasteiger partial charge in [0, 0.05) is 19.2 Å². The number of aryl methyl sites for hydroxylation is 1. The van der Waals surface area contributed by atoms with E-state index in [4.69, 9.17) is 0 Å². The van der Waals surface area contributed by atoms with Gasteiger partial charge in [-0.3, -0.25) is 4.98 Å². The van der Waals surface area contributed by atoms with Gasteiger partial charge in [0.1, 0.15) is 11.3 Å². The first kappa shape index (κ1) is 11.7. The molecule has 3 heterocycles. The second kappa shape index (κ2) is 5.06. The second-order valence-electron chi connectivity index (χ2n) is 5.05. The molecule has 18 heavy (non-hydrogen) atoms. The van der Waals surface area contributed by atoms with Crippen molar-refractivity contribution < 1.29 is 0 Å². The molecule has 4 nitrogen and oxygen atoms in total. The molecule has 0 saturated carbocycles. The maximum atomic E-state index is 4.68. The van der Waals surface area contributed by atoms with E-state index in [0.29, 0.717) is 0 Å². The molecule has 0 aromatic carbocycles. The van der Waals surface area contributed by atoms with Crippen molar-refractivity contribution in [2.75, 3.05) is 13.1 Å². The number of pyridine rings is 1. The van der Waals surface area contributed by atoms with E-state index in [1.807, 2.05) is 12.4 Å². The number of rotatable bonds is 3. The molecule has 4 heteroatoms. The summed E-state index contributed by atoms with van der Waals surface area (Å²) < 4.78 is 2.40. The highest BCUT2D eigenvalue weighted by molar-refractivity contribution is 5.74. The summed E-state index contributed by atoms with van der Waals surface area (Å²) in [5.74, 6) is 1.97. The summed E-state index contributed by atoms with van der Waals surface area (Å²) in [5.41, 5.74) is 2.27. The Hall–Kier alpha value is -1.42. The van der Waals surface area contributed by atoms with Crippen molar-refractivity contribution in [3.05, 3.63) is 24.3 Å². The summed E-state index contributed by atoms with van der Waals surface area (Å²) in [6.07, 6.45) is 7.26. The molecule has 0 aliphatic carbocycles. The lowest BCUT2D eigenvalue weighted by Gasteiger charge is -2.24. The normalized spacial score (nSPS) is 17.4. The Kier molecular flexibility index (Phi) is 3.28. The lowest BCUT2D eigenvalue weighted by molar-refractivity contribution is 0.333. The number of nitrogens with one attached hydrogen (secondary N) is 1. The molecule has 1 aliphatic heterocycles. The maximum Gasteiger partial charge on any atom is 0.109 e. The third-order valence-corrected chi connectivity index (χ3v) is 3.85. The Morgan fingerprint density at radius 3 is 3.00 bits per heavy atom. The van der Waals surface area contributed by atoms with E-state index in [2.05, 4.69) is 32.8 Å². The zero-order valence-corrected chi connectivity index (χ0v) is 10.9. The first-order valence-electron chi connectivity index (χ1n) is 6.88. The lowest BCUT2D eigenvalue weighted by Crippen LogP contribution is -2.30. The first-order chi connectivity index (χ1) is 8.88. The monoisotopic (exact) mass is 244 g/mol. The minimum absolute atomic E-state index is 0.780. The zero-order chi connectivity index (χ0) is 12.4. The molecule has 1 N–H and O–H groups in total. The van der Waals surface area contributed by atoms with Gasteiger partial charge >= 0.3 is 0 Å². The Balaban J connectivity index is 1.93. The highest BCUT2D eigenvalue weighted by Gasteiger charge is 2.17. The van der Waals surface area contributed by atoms with Crippen LogP contribution in [0.1, 0.15) is 25.6 Å². The number of hydrogen-bond acceptors (Lipinski definition) is 3. The maximum absolute atomic E-state index is 4.68. The van der Waals surface area contributed by atoms with Crippen LogP contribution in [-0.4, -0.2) is 27.6 Å². The van der Waals surface area contributed by atoms with Gasteiger partial charge in [-0.25, -0.2) is 4.98 Å². The molecule has 0 unspecified atom stereocenters. The molecule has 0 atom stereocenters. The average Bonchev–Trinajstić information content (AvgIpc) is 2.78. The minimum Gasteiger partial charge on any atom is -0.328 e. The summed E-state index contributed by atoms with van der Waals surface area (Å²) in [6, 6.07) is 2.09. The van der Waals surface area contributed by atoms with E-state index in [0.717, 1.165) is 37.5 Å². The summed E-state index contributed by atoms with van der Waals surface area (Å²) in [6.45, 7) is 5.58. The van der Waals surface area contributed by atoms with E-state index >= 15 is 0 Å². The van der Waals surface area contributed by atoms with Crippen LogP contribution >= 0.6 is 0 Å². The van der Waals surface area contributed by atoms with Crippen LogP contribution in [0.4, 0.5) is 0 Å². The molecule has 3 rings (SSSR count). The van der Waals surface area contributed by atoms with Crippen molar-refractivity contribution in [3.63, 3.8) is 0 Å². The van der Waals surface area contributed by atoms with Crippen molar-refractivity contribution in [2.45, 2.75) is 32.7 Å². The fourth-order valence-corrected chi connectivity index (χ4v) is 2.83. The molecular weight excluding hydrogens is 224 g/mol. The molecule has 1 saturated heterocycles. The van der Waals surface area contributed by atoms with Crippen LogP contribution in [0.2, 0.25) is 0 Å².